The molecule has 0 bridgehead atoms. The minimum absolute atomic E-state index is 0.905. The predicted molar refractivity (Wildman–Crippen MR) is 59.4 cm³/mol. The Morgan fingerprint density at radius 3 is 2.23 bits per heavy atom. The Morgan fingerprint density at radius 2 is 1.69 bits per heavy atom. The molecule has 2 nitrogen and oxygen atoms in total. The Balaban J connectivity index is 3.25. The van der Waals surface area contributed by atoms with Gasteiger partial charge in [0.1, 0.15) is 0 Å². The van der Waals surface area contributed by atoms with E-state index in [-0.39, 0.29) is 0 Å². The summed E-state index contributed by atoms with van der Waals surface area (Å²) in [6.07, 6.45) is 6.22. The van der Waals surface area contributed by atoms with Crippen LogP contribution >= 0.6 is 0 Å². The van der Waals surface area contributed by atoms with Gasteiger partial charge in [0.05, 0.1) is 0 Å². The molecule has 0 aliphatic carbocycles. The van der Waals surface area contributed by atoms with Gasteiger partial charge < -0.3 is 8.85 Å². The Morgan fingerprint density at radius 1 is 1.00 bits per heavy atom. The standard InChI is InChI=1S/C10H24O2Si/c1-4-6-8-9-12-13(11-3)10-7-5-2/h13H,4-10H2,1-3H3. The number of rotatable bonds is 9. The zero-order chi connectivity index (χ0) is 9.94. The topological polar surface area (TPSA) is 18.5 Å². The molecule has 0 aromatic rings. The van der Waals surface area contributed by atoms with Crippen LogP contribution in [0.4, 0.5) is 0 Å². The van der Waals surface area contributed by atoms with Crippen molar-refractivity contribution in [2.45, 2.75) is 52.0 Å². The van der Waals surface area contributed by atoms with Gasteiger partial charge in [0.25, 0.3) is 0 Å². The SMILES string of the molecule is CCCCCO[SiH](CCCC)OC. The molecular formula is C10H24O2Si. The molecular weight excluding hydrogens is 180 g/mol. The van der Waals surface area contributed by atoms with Crippen molar-refractivity contribution < 1.29 is 8.85 Å². The fourth-order valence-corrected chi connectivity index (χ4v) is 2.92. The zero-order valence-electron chi connectivity index (χ0n) is 9.34. The summed E-state index contributed by atoms with van der Waals surface area (Å²) in [7, 11) is 0.511. The van der Waals surface area contributed by atoms with E-state index in [1.807, 2.05) is 0 Å². The van der Waals surface area contributed by atoms with E-state index in [0.29, 0.717) is 0 Å². The molecule has 1 atom stereocenters. The normalized spacial score (nSPS) is 13.2. The van der Waals surface area contributed by atoms with Crippen molar-refractivity contribution >= 4 is 9.28 Å². The van der Waals surface area contributed by atoms with Crippen molar-refractivity contribution in [1.82, 2.24) is 0 Å². The minimum atomic E-state index is -1.27. The van der Waals surface area contributed by atoms with Gasteiger partial charge in [-0.2, -0.15) is 0 Å². The lowest BCUT2D eigenvalue weighted by molar-refractivity contribution is 0.223. The molecule has 0 saturated heterocycles. The first kappa shape index (κ1) is 13.1. The van der Waals surface area contributed by atoms with Gasteiger partial charge in [0, 0.05) is 13.7 Å². The molecule has 0 heterocycles. The van der Waals surface area contributed by atoms with Crippen LogP contribution in [-0.4, -0.2) is 23.0 Å². The lowest BCUT2D eigenvalue weighted by Crippen LogP contribution is -2.21. The van der Waals surface area contributed by atoms with E-state index in [0.717, 1.165) is 6.61 Å². The Bertz CT molecular complexity index is 98.9. The molecule has 0 radical (unpaired) electrons. The van der Waals surface area contributed by atoms with Crippen LogP contribution in [0.5, 0.6) is 0 Å². The zero-order valence-corrected chi connectivity index (χ0v) is 10.5. The maximum atomic E-state index is 5.71. The maximum absolute atomic E-state index is 5.71. The quantitative estimate of drug-likeness (QED) is 0.425. The third-order valence-electron chi connectivity index (χ3n) is 2.11. The molecule has 0 rings (SSSR count). The molecule has 0 fully saturated rings. The number of unbranched alkanes of at least 4 members (excludes halogenated alkanes) is 3. The van der Waals surface area contributed by atoms with E-state index >= 15 is 0 Å². The average molecular weight is 204 g/mol. The summed E-state index contributed by atoms with van der Waals surface area (Å²) >= 11 is 0. The highest BCUT2D eigenvalue weighted by atomic mass is 28.3. The largest absolute Gasteiger partial charge is 0.400 e. The highest BCUT2D eigenvalue weighted by Gasteiger charge is 2.09. The summed E-state index contributed by atoms with van der Waals surface area (Å²) in [5.41, 5.74) is 0. The summed E-state index contributed by atoms with van der Waals surface area (Å²) in [5, 5.41) is 0. The van der Waals surface area contributed by atoms with Gasteiger partial charge in [0.15, 0.2) is 0 Å². The second-order valence-corrected chi connectivity index (χ2v) is 5.63. The maximum Gasteiger partial charge on any atom is 0.321 e. The van der Waals surface area contributed by atoms with Crippen LogP contribution < -0.4 is 0 Å². The highest BCUT2D eigenvalue weighted by Crippen LogP contribution is 2.04. The molecule has 0 N–H and O–H groups in total. The Kier molecular flexibility index (Phi) is 10.3. The first-order chi connectivity index (χ1) is 6.35. The first-order valence-electron chi connectivity index (χ1n) is 5.49. The summed E-state index contributed by atoms with van der Waals surface area (Å²) in [6, 6.07) is 1.17. The molecule has 13 heavy (non-hydrogen) atoms. The van der Waals surface area contributed by atoms with Crippen LogP contribution in [0, 0.1) is 0 Å². The van der Waals surface area contributed by atoms with Crippen molar-refractivity contribution in [1.29, 1.82) is 0 Å². The lowest BCUT2D eigenvalue weighted by atomic mass is 10.3. The van der Waals surface area contributed by atoms with Crippen LogP contribution in [0.25, 0.3) is 0 Å². The van der Waals surface area contributed by atoms with E-state index in [1.54, 1.807) is 7.11 Å². The van der Waals surface area contributed by atoms with E-state index in [1.165, 1.54) is 38.1 Å². The smallest absolute Gasteiger partial charge is 0.321 e. The molecule has 0 spiro atoms. The van der Waals surface area contributed by atoms with Crippen molar-refractivity contribution in [3.63, 3.8) is 0 Å². The summed E-state index contributed by atoms with van der Waals surface area (Å²) in [4.78, 5) is 0. The Hall–Kier alpha value is 0.137. The van der Waals surface area contributed by atoms with Crippen LogP contribution in [0.3, 0.4) is 0 Å². The number of hydrogen-bond donors (Lipinski definition) is 0. The number of hydrogen-bond acceptors (Lipinski definition) is 2. The Labute approximate surface area is 84.5 Å². The van der Waals surface area contributed by atoms with E-state index in [4.69, 9.17) is 8.85 Å². The molecule has 0 aliphatic heterocycles. The van der Waals surface area contributed by atoms with Crippen molar-refractivity contribution in [3.8, 4) is 0 Å². The predicted octanol–water partition coefficient (Wildman–Crippen LogP) is 2.86. The van der Waals surface area contributed by atoms with Crippen LogP contribution in [0.15, 0.2) is 0 Å². The minimum Gasteiger partial charge on any atom is -0.400 e. The third kappa shape index (κ3) is 8.47. The monoisotopic (exact) mass is 204 g/mol. The van der Waals surface area contributed by atoms with E-state index < -0.39 is 9.28 Å². The molecule has 0 saturated carbocycles. The first-order valence-corrected chi connectivity index (χ1v) is 7.25. The van der Waals surface area contributed by atoms with Crippen molar-refractivity contribution in [2.75, 3.05) is 13.7 Å². The molecule has 0 amide bonds. The van der Waals surface area contributed by atoms with Gasteiger partial charge in [-0.15, -0.1) is 0 Å². The molecule has 1 unspecified atom stereocenters. The summed E-state index contributed by atoms with van der Waals surface area (Å²) < 4.78 is 11.1. The second-order valence-electron chi connectivity index (χ2n) is 3.39. The van der Waals surface area contributed by atoms with Gasteiger partial charge in [-0.25, -0.2) is 0 Å². The highest BCUT2D eigenvalue weighted by molar-refractivity contribution is 6.44. The van der Waals surface area contributed by atoms with E-state index in [9.17, 15) is 0 Å². The summed E-state index contributed by atoms with van der Waals surface area (Å²) in [5.74, 6) is 0. The second kappa shape index (κ2) is 10.2. The molecule has 0 aromatic heterocycles. The molecule has 80 valence electrons. The van der Waals surface area contributed by atoms with Gasteiger partial charge in [-0.05, 0) is 12.5 Å². The van der Waals surface area contributed by atoms with Crippen LogP contribution in [0.1, 0.15) is 46.0 Å². The molecule has 3 heteroatoms. The van der Waals surface area contributed by atoms with Crippen molar-refractivity contribution in [3.05, 3.63) is 0 Å². The van der Waals surface area contributed by atoms with E-state index in [2.05, 4.69) is 13.8 Å². The van der Waals surface area contributed by atoms with Gasteiger partial charge >= 0.3 is 9.28 Å². The molecule has 0 aliphatic rings. The summed E-state index contributed by atoms with van der Waals surface area (Å²) in [6.45, 7) is 5.32. The third-order valence-corrected chi connectivity index (χ3v) is 4.12. The average Bonchev–Trinajstić information content (AvgIpc) is 2.17. The van der Waals surface area contributed by atoms with Crippen LogP contribution in [0.2, 0.25) is 6.04 Å². The van der Waals surface area contributed by atoms with Gasteiger partial charge in [0.2, 0.25) is 0 Å². The fraction of sp³-hybridized carbons (Fsp3) is 1.00. The lowest BCUT2D eigenvalue weighted by Gasteiger charge is -2.13. The van der Waals surface area contributed by atoms with Gasteiger partial charge in [-0.3, -0.25) is 0 Å². The molecule has 0 aromatic carbocycles. The van der Waals surface area contributed by atoms with Crippen molar-refractivity contribution in [2.24, 2.45) is 0 Å². The fourth-order valence-electron chi connectivity index (χ4n) is 1.21. The van der Waals surface area contributed by atoms with Crippen LogP contribution in [-0.2, 0) is 8.85 Å². The van der Waals surface area contributed by atoms with Gasteiger partial charge in [-0.1, -0.05) is 39.5 Å².